The van der Waals surface area contributed by atoms with Crippen molar-refractivity contribution in [2.75, 3.05) is 12.4 Å². The van der Waals surface area contributed by atoms with Crippen LogP contribution in [0, 0.1) is 0 Å². The van der Waals surface area contributed by atoms with Crippen molar-refractivity contribution in [1.29, 1.82) is 0 Å². The Hall–Kier alpha value is -2.88. The third-order valence-corrected chi connectivity index (χ3v) is 5.46. The number of fused-ring (bicyclic) bond motifs is 1. The van der Waals surface area contributed by atoms with Gasteiger partial charge in [-0.3, -0.25) is 0 Å². The normalized spacial score (nSPS) is 10.8. The molecule has 5 heteroatoms. The molecule has 0 radical (unpaired) electrons. The van der Waals surface area contributed by atoms with Gasteiger partial charge in [0.2, 0.25) is 0 Å². The van der Waals surface area contributed by atoms with E-state index in [0.29, 0.717) is 28.9 Å². The molecule has 3 nitrogen and oxygen atoms in total. The predicted octanol–water partition coefficient (Wildman–Crippen LogP) is 7.35. The number of ether oxygens (including phenoxy) is 2. The standard InChI is InChI=1S/C25H21Cl2NO2/c1-29-21-11-9-20(10-12-21)28-15-17-13-23(26)25(24(27)14-17)30-16-19-7-4-6-18-5-2-3-8-22(18)19/h2-14,28H,15-16H2,1H3. The van der Waals surface area contributed by atoms with E-state index in [2.05, 4.69) is 29.6 Å². The maximum Gasteiger partial charge on any atom is 0.156 e. The summed E-state index contributed by atoms with van der Waals surface area (Å²) in [7, 11) is 1.65. The summed E-state index contributed by atoms with van der Waals surface area (Å²) in [5.74, 6) is 1.32. The van der Waals surface area contributed by atoms with Gasteiger partial charge in [-0.05, 0) is 58.3 Å². The second-order valence-corrected chi connectivity index (χ2v) is 7.71. The third-order valence-electron chi connectivity index (χ3n) is 4.90. The molecular weight excluding hydrogens is 417 g/mol. The second-order valence-electron chi connectivity index (χ2n) is 6.90. The summed E-state index contributed by atoms with van der Waals surface area (Å²) in [6, 6.07) is 25.9. The van der Waals surface area contributed by atoms with Crippen molar-refractivity contribution in [2.24, 2.45) is 0 Å². The largest absolute Gasteiger partial charge is 0.497 e. The lowest BCUT2D eigenvalue weighted by Gasteiger charge is -2.14. The van der Waals surface area contributed by atoms with Crippen LogP contribution in [-0.2, 0) is 13.2 Å². The highest BCUT2D eigenvalue weighted by Crippen LogP contribution is 2.35. The van der Waals surface area contributed by atoms with Gasteiger partial charge in [-0.2, -0.15) is 0 Å². The maximum atomic E-state index is 6.49. The molecule has 4 aromatic carbocycles. The van der Waals surface area contributed by atoms with Crippen molar-refractivity contribution < 1.29 is 9.47 Å². The van der Waals surface area contributed by atoms with E-state index in [0.717, 1.165) is 28.0 Å². The minimum atomic E-state index is 0.393. The molecule has 0 aliphatic heterocycles. The molecule has 0 saturated heterocycles. The molecule has 0 saturated carbocycles. The zero-order chi connectivity index (χ0) is 20.9. The summed E-state index contributed by atoms with van der Waals surface area (Å²) >= 11 is 13.0. The maximum absolute atomic E-state index is 6.49. The number of halogens is 2. The molecule has 0 bridgehead atoms. The van der Waals surface area contributed by atoms with Gasteiger partial charge in [-0.25, -0.2) is 0 Å². The lowest BCUT2D eigenvalue weighted by Crippen LogP contribution is -2.01. The minimum absolute atomic E-state index is 0.393. The van der Waals surface area contributed by atoms with E-state index in [1.54, 1.807) is 7.11 Å². The van der Waals surface area contributed by atoms with Crippen molar-refractivity contribution >= 4 is 39.7 Å². The molecular formula is C25H21Cl2NO2. The van der Waals surface area contributed by atoms with Crippen molar-refractivity contribution in [3.8, 4) is 11.5 Å². The van der Waals surface area contributed by atoms with Crippen LogP contribution in [0.15, 0.2) is 78.9 Å². The smallest absolute Gasteiger partial charge is 0.156 e. The van der Waals surface area contributed by atoms with E-state index >= 15 is 0 Å². The monoisotopic (exact) mass is 437 g/mol. The lowest BCUT2D eigenvalue weighted by atomic mass is 10.1. The molecule has 0 atom stereocenters. The van der Waals surface area contributed by atoms with Crippen LogP contribution >= 0.6 is 23.2 Å². The molecule has 0 unspecified atom stereocenters. The molecule has 1 N–H and O–H groups in total. The number of nitrogens with one attached hydrogen (secondary N) is 1. The second kappa shape index (κ2) is 9.29. The van der Waals surface area contributed by atoms with Crippen LogP contribution in [0.2, 0.25) is 10.0 Å². The lowest BCUT2D eigenvalue weighted by molar-refractivity contribution is 0.308. The molecule has 4 aromatic rings. The van der Waals surface area contributed by atoms with Crippen LogP contribution in [0.5, 0.6) is 11.5 Å². The van der Waals surface area contributed by atoms with Gasteiger partial charge in [0.05, 0.1) is 17.2 Å². The quantitative estimate of drug-likeness (QED) is 0.327. The molecule has 152 valence electrons. The number of methoxy groups -OCH3 is 1. The molecule has 4 rings (SSSR count). The molecule has 0 aliphatic carbocycles. The first-order chi connectivity index (χ1) is 14.6. The summed E-state index contributed by atoms with van der Waals surface area (Å²) < 4.78 is 11.2. The summed E-state index contributed by atoms with van der Waals surface area (Å²) in [6.07, 6.45) is 0. The molecule has 0 heterocycles. The predicted molar refractivity (Wildman–Crippen MR) is 125 cm³/mol. The van der Waals surface area contributed by atoms with Crippen LogP contribution in [-0.4, -0.2) is 7.11 Å². The fourth-order valence-electron chi connectivity index (χ4n) is 3.33. The highest BCUT2D eigenvalue weighted by atomic mass is 35.5. The van der Waals surface area contributed by atoms with Crippen LogP contribution in [0.25, 0.3) is 10.8 Å². The molecule has 0 spiro atoms. The van der Waals surface area contributed by atoms with Gasteiger partial charge < -0.3 is 14.8 Å². The van der Waals surface area contributed by atoms with Crippen LogP contribution in [0.4, 0.5) is 5.69 Å². The minimum Gasteiger partial charge on any atom is -0.497 e. The first kappa shape index (κ1) is 20.4. The van der Waals surface area contributed by atoms with Gasteiger partial charge in [0, 0.05) is 12.2 Å². The van der Waals surface area contributed by atoms with Crippen molar-refractivity contribution in [1.82, 2.24) is 0 Å². The van der Waals surface area contributed by atoms with Gasteiger partial charge in [0.15, 0.2) is 5.75 Å². The third kappa shape index (κ3) is 4.64. The first-order valence-corrected chi connectivity index (χ1v) is 10.3. The Bertz CT molecular complexity index is 1130. The Morgan fingerprint density at radius 2 is 1.53 bits per heavy atom. The number of benzene rings is 4. The Morgan fingerprint density at radius 1 is 0.833 bits per heavy atom. The van der Waals surface area contributed by atoms with E-state index in [1.165, 1.54) is 5.39 Å². The molecule has 0 amide bonds. The number of rotatable bonds is 7. The first-order valence-electron chi connectivity index (χ1n) is 9.59. The zero-order valence-electron chi connectivity index (χ0n) is 16.5. The van der Waals surface area contributed by atoms with Gasteiger partial charge in [-0.15, -0.1) is 0 Å². The number of anilines is 1. The summed E-state index contributed by atoms with van der Waals surface area (Å²) in [5, 5.41) is 6.68. The molecule has 0 aliphatic rings. The van der Waals surface area contributed by atoms with Crippen molar-refractivity contribution in [3.05, 3.63) is 100 Å². The fourth-order valence-corrected chi connectivity index (χ4v) is 3.97. The summed E-state index contributed by atoms with van der Waals surface area (Å²) in [6.45, 7) is 0.986. The Morgan fingerprint density at radius 3 is 2.27 bits per heavy atom. The topological polar surface area (TPSA) is 30.5 Å². The van der Waals surface area contributed by atoms with E-state index in [9.17, 15) is 0 Å². The Balaban J connectivity index is 1.45. The van der Waals surface area contributed by atoms with E-state index in [-0.39, 0.29) is 0 Å². The van der Waals surface area contributed by atoms with Crippen molar-refractivity contribution in [2.45, 2.75) is 13.2 Å². The Labute approximate surface area is 186 Å². The van der Waals surface area contributed by atoms with Gasteiger partial charge in [0.1, 0.15) is 12.4 Å². The molecule has 0 fully saturated rings. The average Bonchev–Trinajstić information content (AvgIpc) is 2.77. The van der Waals surface area contributed by atoms with E-state index in [4.69, 9.17) is 32.7 Å². The van der Waals surface area contributed by atoms with Crippen LogP contribution < -0.4 is 14.8 Å². The van der Waals surface area contributed by atoms with E-state index < -0.39 is 0 Å². The zero-order valence-corrected chi connectivity index (χ0v) is 18.0. The van der Waals surface area contributed by atoms with Gasteiger partial charge >= 0.3 is 0 Å². The summed E-state index contributed by atoms with van der Waals surface area (Å²) in [4.78, 5) is 0. The molecule has 0 aromatic heterocycles. The Kier molecular flexibility index (Phi) is 6.32. The highest BCUT2D eigenvalue weighted by molar-refractivity contribution is 6.37. The van der Waals surface area contributed by atoms with Gasteiger partial charge in [0.25, 0.3) is 0 Å². The van der Waals surface area contributed by atoms with Crippen LogP contribution in [0.1, 0.15) is 11.1 Å². The van der Waals surface area contributed by atoms with Crippen molar-refractivity contribution in [3.63, 3.8) is 0 Å². The van der Waals surface area contributed by atoms with Crippen LogP contribution in [0.3, 0.4) is 0 Å². The number of hydrogen-bond acceptors (Lipinski definition) is 3. The number of hydrogen-bond donors (Lipinski definition) is 1. The molecule has 30 heavy (non-hydrogen) atoms. The van der Waals surface area contributed by atoms with E-state index in [1.807, 2.05) is 54.6 Å². The fraction of sp³-hybridized carbons (Fsp3) is 0.120. The highest BCUT2D eigenvalue weighted by Gasteiger charge is 2.11. The average molecular weight is 438 g/mol. The van der Waals surface area contributed by atoms with Gasteiger partial charge in [-0.1, -0.05) is 65.7 Å². The summed E-state index contributed by atoms with van der Waals surface area (Å²) in [5.41, 5.74) is 3.04. The SMILES string of the molecule is COc1ccc(NCc2cc(Cl)c(OCc3cccc4ccccc34)c(Cl)c2)cc1.